The molecule has 1 aliphatic heterocycles. The molecule has 0 spiro atoms. The summed E-state index contributed by atoms with van der Waals surface area (Å²) >= 11 is 0. The molecule has 0 unspecified atom stereocenters. The Bertz CT molecular complexity index is 458. The Morgan fingerprint density at radius 2 is 1.88 bits per heavy atom. The summed E-state index contributed by atoms with van der Waals surface area (Å²) in [4.78, 5) is 24.2. The van der Waals surface area contributed by atoms with Gasteiger partial charge in [0.2, 0.25) is 11.8 Å². The molecule has 0 aliphatic carbocycles. The topological polar surface area (TPSA) is 63.4 Å². The van der Waals surface area contributed by atoms with Crippen molar-refractivity contribution in [2.75, 3.05) is 4.90 Å². The van der Waals surface area contributed by atoms with Gasteiger partial charge in [0.25, 0.3) is 0 Å². The lowest BCUT2D eigenvalue weighted by Gasteiger charge is -2.25. The number of halogens is 1. The van der Waals surface area contributed by atoms with Crippen molar-refractivity contribution in [1.29, 1.82) is 0 Å². The molecular weight excluding hydrogens is 223 g/mol. The van der Waals surface area contributed by atoms with E-state index in [9.17, 15) is 14.0 Å². The van der Waals surface area contributed by atoms with Gasteiger partial charge in [-0.2, -0.15) is 0 Å². The van der Waals surface area contributed by atoms with Crippen LogP contribution in [0.3, 0.4) is 0 Å². The zero-order chi connectivity index (χ0) is 12.4. The van der Waals surface area contributed by atoms with Gasteiger partial charge >= 0.3 is 0 Å². The van der Waals surface area contributed by atoms with Crippen LogP contribution in [0.5, 0.6) is 0 Å². The third-order valence-electron chi connectivity index (χ3n) is 2.77. The molecule has 2 N–H and O–H groups in total. The highest BCUT2D eigenvalue weighted by Gasteiger charge is 2.29. The molecule has 1 fully saturated rings. The Morgan fingerprint density at radius 1 is 1.24 bits per heavy atom. The number of carbonyl (C=O) groups is 2. The minimum Gasteiger partial charge on any atom is -0.326 e. The highest BCUT2D eigenvalue weighted by atomic mass is 19.1. The van der Waals surface area contributed by atoms with Crippen molar-refractivity contribution < 1.29 is 14.0 Å². The molecule has 1 heterocycles. The summed E-state index contributed by atoms with van der Waals surface area (Å²) in [7, 11) is 0. The first-order valence-electron chi connectivity index (χ1n) is 5.47. The van der Waals surface area contributed by atoms with Gasteiger partial charge in [-0.1, -0.05) is 6.07 Å². The summed E-state index contributed by atoms with van der Waals surface area (Å²) in [6.45, 7) is 0.221. The van der Waals surface area contributed by atoms with E-state index in [-0.39, 0.29) is 36.9 Å². The first kappa shape index (κ1) is 11.7. The van der Waals surface area contributed by atoms with Gasteiger partial charge in [-0.25, -0.2) is 9.29 Å². The van der Waals surface area contributed by atoms with Crippen LogP contribution in [0.1, 0.15) is 24.8 Å². The van der Waals surface area contributed by atoms with Gasteiger partial charge < -0.3 is 5.73 Å². The normalized spacial score (nSPS) is 16.5. The van der Waals surface area contributed by atoms with Crippen molar-refractivity contribution >= 4 is 17.5 Å². The van der Waals surface area contributed by atoms with E-state index in [2.05, 4.69) is 0 Å². The van der Waals surface area contributed by atoms with Gasteiger partial charge in [0.1, 0.15) is 5.82 Å². The van der Waals surface area contributed by atoms with Crippen LogP contribution >= 0.6 is 0 Å². The SMILES string of the molecule is NCc1ccc(N2C(=O)CCCC2=O)c(F)c1. The smallest absolute Gasteiger partial charge is 0.233 e. The van der Waals surface area contributed by atoms with Gasteiger partial charge in [-0.15, -0.1) is 0 Å². The second-order valence-corrected chi connectivity index (χ2v) is 3.97. The van der Waals surface area contributed by atoms with Crippen LogP contribution in [0.4, 0.5) is 10.1 Å². The maximum Gasteiger partial charge on any atom is 0.233 e. The third-order valence-corrected chi connectivity index (χ3v) is 2.77. The molecule has 1 saturated heterocycles. The van der Waals surface area contributed by atoms with Crippen LogP contribution < -0.4 is 10.6 Å². The zero-order valence-electron chi connectivity index (χ0n) is 9.28. The Balaban J connectivity index is 2.38. The van der Waals surface area contributed by atoms with E-state index in [0.717, 1.165) is 4.90 Å². The number of imide groups is 1. The molecule has 4 nitrogen and oxygen atoms in total. The fourth-order valence-electron chi connectivity index (χ4n) is 1.88. The summed E-state index contributed by atoms with van der Waals surface area (Å²) in [6.07, 6.45) is 1.10. The molecule has 90 valence electrons. The van der Waals surface area contributed by atoms with E-state index in [1.54, 1.807) is 6.07 Å². The fraction of sp³-hybridized carbons (Fsp3) is 0.333. The summed E-state index contributed by atoms with van der Waals surface area (Å²) < 4.78 is 13.8. The van der Waals surface area contributed by atoms with Crippen molar-refractivity contribution in [1.82, 2.24) is 0 Å². The monoisotopic (exact) mass is 236 g/mol. The predicted molar refractivity (Wildman–Crippen MR) is 60.6 cm³/mol. The van der Waals surface area contributed by atoms with Crippen LogP contribution in [0, 0.1) is 5.82 Å². The van der Waals surface area contributed by atoms with E-state index in [1.165, 1.54) is 12.1 Å². The summed E-state index contributed by atoms with van der Waals surface area (Å²) in [5.74, 6) is -1.28. The largest absolute Gasteiger partial charge is 0.326 e. The molecule has 17 heavy (non-hydrogen) atoms. The Labute approximate surface area is 98.2 Å². The molecule has 0 saturated carbocycles. The average molecular weight is 236 g/mol. The Morgan fingerprint density at radius 3 is 2.41 bits per heavy atom. The van der Waals surface area contributed by atoms with Gasteiger partial charge in [-0.3, -0.25) is 9.59 Å². The molecule has 5 heteroatoms. The lowest BCUT2D eigenvalue weighted by molar-refractivity contribution is -0.129. The number of nitrogens with zero attached hydrogens (tertiary/aromatic N) is 1. The molecule has 2 amide bonds. The first-order chi connectivity index (χ1) is 8.13. The number of piperidine rings is 1. The zero-order valence-corrected chi connectivity index (χ0v) is 9.28. The Kier molecular flexibility index (Phi) is 3.19. The number of anilines is 1. The molecule has 0 radical (unpaired) electrons. The second-order valence-electron chi connectivity index (χ2n) is 3.97. The highest BCUT2D eigenvalue weighted by molar-refractivity contribution is 6.16. The van der Waals surface area contributed by atoms with Crippen LogP contribution in [-0.2, 0) is 16.1 Å². The number of carbonyl (C=O) groups excluding carboxylic acids is 2. The number of rotatable bonds is 2. The van der Waals surface area contributed by atoms with Crippen molar-refractivity contribution in [3.8, 4) is 0 Å². The van der Waals surface area contributed by atoms with E-state index >= 15 is 0 Å². The minimum atomic E-state index is -0.587. The van der Waals surface area contributed by atoms with E-state index in [4.69, 9.17) is 5.73 Å². The van der Waals surface area contributed by atoms with Crippen molar-refractivity contribution in [2.24, 2.45) is 5.73 Å². The number of hydrogen-bond acceptors (Lipinski definition) is 3. The van der Waals surface area contributed by atoms with Gasteiger partial charge in [0, 0.05) is 19.4 Å². The van der Waals surface area contributed by atoms with Gasteiger partial charge in [-0.05, 0) is 24.1 Å². The van der Waals surface area contributed by atoms with E-state index in [0.29, 0.717) is 12.0 Å². The number of nitrogens with two attached hydrogens (primary N) is 1. The quantitative estimate of drug-likeness (QED) is 0.788. The minimum absolute atomic E-state index is 0.0249. The van der Waals surface area contributed by atoms with Gasteiger partial charge in [0.15, 0.2) is 0 Å². The van der Waals surface area contributed by atoms with Crippen molar-refractivity contribution in [3.63, 3.8) is 0 Å². The molecule has 1 aliphatic rings. The first-order valence-corrected chi connectivity index (χ1v) is 5.47. The summed E-state index contributed by atoms with van der Waals surface area (Å²) in [5.41, 5.74) is 6.04. The highest BCUT2D eigenvalue weighted by Crippen LogP contribution is 2.25. The van der Waals surface area contributed by atoms with Crippen molar-refractivity contribution in [3.05, 3.63) is 29.6 Å². The molecule has 0 atom stereocenters. The van der Waals surface area contributed by atoms with Crippen LogP contribution in [0.25, 0.3) is 0 Å². The lowest BCUT2D eigenvalue weighted by Crippen LogP contribution is -2.40. The molecule has 0 bridgehead atoms. The molecule has 2 rings (SSSR count). The predicted octanol–water partition coefficient (Wildman–Crippen LogP) is 1.33. The number of hydrogen-bond donors (Lipinski definition) is 1. The summed E-state index contributed by atoms with van der Waals surface area (Å²) in [6, 6.07) is 4.30. The summed E-state index contributed by atoms with van der Waals surface area (Å²) in [5, 5.41) is 0. The van der Waals surface area contributed by atoms with Crippen LogP contribution in [-0.4, -0.2) is 11.8 Å². The second kappa shape index (κ2) is 4.63. The van der Waals surface area contributed by atoms with E-state index in [1.807, 2.05) is 0 Å². The number of benzene rings is 1. The maximum absolute atomic E-state index is 13.8. The molecule has 0 aromatic heterocycles. The van der Waals surface area contributed by atoms with Gasteiger partial charge in [0.05, 0.1) is 5.69 Å². The molecule has 1 aromatic carbocycles. The standard InChI is InChI=1S/C12H13FN2O2/c13-9-6-8(7-14)4-5-10(9)15-11(16)2-1-3-12(15)17/h4-6H,1-3,7,14H2. The third kappa shape index (κ3) is 2.19. The maximum atomic E-state index is 13.8. The molecular formula is C12H13FN2O2. The van der Waals surface area contributed by atoms with Crippen LogP contribution in [0.15, 0.2) is 18.2 Å². The number of amides is 2. The van der Waals surface area contributed by atoms with Crippen molar-refractivity contribution in [2.45, 2.75) is 25.8 Å². The average Bonchev–Trinajstić information content (AvgIpc) is 2.30. The van der Waals surface area contributed by atoms with E-state index < -0.39 is 5.82 Å². The lowest BCUT2D eigenvalue weighted by atomic mass is 10.1. The fourth-order valence-corrected chi connectivity index (χ4v) is 1.88. The Hall–Kier alpha value is -1.75. The molecule has 1 aromatic rings. The van der Waals surface area contributed by atoms with Crippen LogP contribution in [0.2, 0.25) is 0 Å².